The summed E-state index contributed by atoms with van der Waals surface area (Å²) in [5.74, 6) is 0.937. The average molecular weight is 268 g/mol. The maximum Gasteiger partial charge on any atom is 0.262 e. The normalized spacial score (nSPS) is 11.2. The monoisotopic (exact) mass is 268 g/mol. The van der Waals surface area contributed by atoms with Gasteiger partial charge in [-0.05, 0) is 12.8 Å². The molecule has 0 saturated heterocycles. The molecule has 0 aromatic carbocycles. The third kappa shape index (κ3) is 3.33. The van der Waals surface area contributed by atoms with E-state index in [1.165, 1.54) is 6.20 Å². The predicted octanol–water partition coefficient (Wildman–Crippen LogP) is 1.55. The zero-order valence-corrected chi connectivity index (χ0v) is 11.0. The molecule has 0 spiro atoms. The minimum Gasteiger partial charge on any atom is -0.385 e. The van der Waals surface area contributed by atoms with Gasteiger partial charge in [-0.15, -0.1) is 0 Å². The first-order valence-electron chi connectivity index (χ1n) is 5.86. The van der Waals surface area contributed by atoms with Gasteiger partial charge in [0.05, 0.1) is 6.20 Å². The van der Waals surface area contributed by atoms with Gasteiger partial charge >= 0.3 is 0 Å². The second-order valence-electron chi connectivity index (χ2n) is 3.91. The number of ether oxygens (including phenoxy) is 1. The molecule has 2 aromatic rings. The summed E-state index contributed by atoms with van der Waals surface area (Å²) < 4.78 is 4.98. The van der Waals surface area contributed by atoms with Gasteiger partial charge < -0.3 is 9.72 Å². The lowest BCUT2D eigenvalue weighted by atomic mass is 10.3. The smallest absolute Gasteiger partial charge is 0.262 e. The van der Waals surface area contributed by atoms with E-state index < -0.39 is 0 Å². The SMILES string of the molecule is COCCCCCSc1nc2[nH]ncc2c(=O)[nH]1. The highest BCUT2D eigenvalue weighted by Gasteiger charge is 2.05. The topological polar surface area (TPSA) is 83.7 Å². The summed E-state index contributed by atoms with van der Waals surface area (Å²) in [4.78, 5) is 18.7. The molecular formula is C11H16N4O2S. The van der Waals surface area contributed by atoms with Gasteiger partial charge in [0.15, 0.2) is 10.8 Å². The van der Waals surface area contributed by atoms with E-state index in [1.807, 2.05) is 0 Å². The standard InChI is InChI=1S/C11H16N4O2S/c1-17-5-3-2-4-6-18-11-13-9-8(7-12-15-9)10(16)14-11/h7H,2-6H2,1H3,(H2,12,13,14,15,16). The third-order valence-electron chi connectivity index (χ3n) is 2.53. The maximum absolute atomic E-state index is 11.6. The average Bonchev–Trinajstić information content (AvgIpc) is 2.82. The molecule has 2 N–H and O–H groups in total. The van der Waals surface area contributed by atoms with Crippen LogP contribution in [0.25, 0.3) is 11.0 Å². The van der Waals surface area contributed by atoms with Crippen molar-refractivity contribution in [2.24, 2.45) is 0 Å². The second-order valence-corrected chi connectivity index (χ2v) is 4.99. The highest BCUT2D eigenvalue weighted by molar-refractivity contribution is 7.99. The number of methoxy groups -OCH3 is 1. The molecule has 6 nitrogen and oxygen atoms in total. The number of aromatic nitrogens is 4. The molecule has 0 amide bonds. The molecule has 0 atom stereocenters. The zero-order valence-electron chi connectivity index (χ0n) is 10.2. The molecule has 0 fully saturated rings. The summed E-state index contributed by atoms with van der Waals surface area (Å²) in [6.07, 6.45) is 4.76. The zero-order chi connectivity index (χ0) is 12.8. The molecule has 7 heteroatoms. The van der Waals surface area contributed by atoms with Gasteiger partial charge in [-0.3, -0.25) is 9.89 Å². The number of aromatic amines is 2. The van der Waals surface area contributed by atoms with E-state index in [2.05, 4.69) is 20.2 Å². The molecule has 0 aliphatic carbocycles. The number of hydrogen-bond acceptors (Lipinski definition) is 5. The molecule has 2 heterocycles. The summed E-state index contributed by atoms with van der Waals surface area (Å²) in [6.45, 7) is 0.805. The van der Waals surface area contributed by atoms with Crippen LogP contribution in [0.3, 0.4) is 0 Å². The van der Waals surface area contributed by atoms with Crippen molar-refractivity contribution in [3.8, 4) is 0 Å². The van der Waals surface area contributed by atoms with Crippen molar-refractivity contribution in [2.75, 3.05) is 19.5 Å². The van der Waals surface area contributed by atoms with Gasteiger partial charge in [-0.1, -0.05) is 18.2 Å². The predicted molar refractivity (Wildman–Crippen MR) is 71.0 cm³/mol. The van der Waals surface area contributed by atoms with E-state index >= 15 is 0 Å². The van der Waals surface area contributed by atoms with E-state index in [1.54, 1.807) is 18.9 Å². The van der Waals surface area contributed by atoms with Gasteiger partial charge in [0.1, 0.15) is 5.39 Å². The number of nitrogens with zero attached hydrogens (tertiary/aromatic N) is 2. The molecule has 0 aliphatic rings. The van der Waals surface area contributed by atoms with Crippen molar-refractivity contribution >= 4 is 22.8 Å². The van der Waals surface area contributed by atoms with E-state index in [4.69, 9.17) is 4.74 Å². The van der Waals surface area contributed by atoms with E-state index in [0.29, 0.717) is 16.2 Å². The van der Waals surface area contributed by atoms with Gasteiger partial charge in [-0.25, -0.2) is 4.98 Å². The Morgan fingerprint density at radius 3 is 3.11 bits per heavy atom. The Morgan fingerprint density at radius 2 is 2.28 bits per heavy atom. The number of nitrogens with one attached hydrogen (secondary N) is 2. The van der Waals surface area contributed by atoms with Crippen LogP contribution < -0.4 is 5.56 Å². The summed E-state index contributed by atoms with van der Waals surface area (Å²) in [7, 11) is 1.71. The minimum absolute atomic E-state index is 0.143. The highest BCUT2D eigenvalue weighted by atomic mass is 32.2. The van der Waals surface area contributed by atoms with Crippen LogP contribution in [0, 0.1) is 0 Å². The number of hydrogen-bond donors (Lipinski definition) is 2. The lowest BCUT2D eigenvalue weighted by molar-refractivity contribution is 0.192. The summed E-state index contributed by atoms with van der Waals surface area (Å²) in [6, 6.07) is 0. The van der Waals surface area contributed by atoms with Crippen LogP contribution in [0.15, 0.2) is 16.1 Å². The largest absolute Gasteiger partial charge is 0.385 e. The quantitative estimate of drug-likeness (QED) is 0.452. The Bertz CT molecular complexity index is 551. The molecule has 2 aromatic heterocycles. The van der Waals surface area contributed by atoms with Gasteiger partial charge in [-0.2, -0.15) is 5.10 Å². The van der Waals surface area contributed by atoms with Gasteiger partial charge in [0, 0.05) is 19.5 Å². The van der Waals surface area contributed by atoms with Gasteiger partial charge in [0.2, 0.25) is 0 Å². The lowest BCUT2D eigenvalue weighted by Gasteiger charge is -2.01. The number of unbranched alkanes of at least 4 members (excludes halogenated alkanes) is 2. The summed E-state index contributed by atoms with van der Waals surface area (Å²) in [5, 5.41) is 7.65. The van der Waals surface area contributed by atoms with Crippen LogP contribution in [-0.4, -0.2) is 39.6 Å². The summed E-state index contributed by atoms with van der Waals surface area (Å²) >= 11 is 1.56. The van der Waals surface area contributed by atoms with Crippen molar-refractivity contribution in [3.05, 3.63) is 16.6 Å². The van der Waals surface area contributed by atoms with Crippen molar-refractivity contribution in [1.29, 1.82) is 0 Å². The first-order valence-corrected chi connectivity index (χ1v) is 6.85. The number of thioether (sulfide) groups is 1. The Hall–Kier alpha value is -1.34. The van der Waals surface area contributed by atoms with E-state index in [9.17, 15) is 4.79 Å². The Morgan fingerprint density at radius 1 is 1.39 bits per heavy atom. The molecule has 0 aliphatic heterocycles. The van der Waals surface area contributed by atoms with Crippen molar-refractivity contribution in [1.82, 2.24) is 20.2 Å². The van der Waals surface area contributed by atoms with Crippen molar-refractivity contribution in [2.45, 2.75) is 24.4 Å². The summed E-state index contributed by atoms with van der Waals surface area (Å²) in [5.41, 5.74) is 0.399. The van der Waals surface area contributed by atoms with Crippen molar-refractivity contribution < 1.29 is 4.74 Å². The van der Waals surface area contributed by atoms with E-state index in [-0.39, 0.29) is 5.56 Å². The number of H-pyrrole nitrogens is 2. The molecule has 0 saturated carbocycles. The molecule has 18 heavy (non-hydrogen) atoms. The fourth-order valence-electron chi connectivity index (χ4n) is 1.59. The first kappa shape index (κ1) is 13.1. The molecule has 0 radical (unpaired) electrons. The highest BCUT2D eigenvalue weighted by Crippen LogP contribution is 2.15. The Kier molecular flexibility index (Phi) is 4.77. The molecular weight excluding hydrogens is 252 g/mol. The number of rotatable bonds is 7. The number of fused-ring (bicyclic) bond motifs is 1. The Labute approximate surface area is 109 Å². The van der Waals surface area contributed by atoms with Crippen LogP contribution in [0.1, 0.15) is 19.3 Å². The fourth-order valence-corrected chi connectivity index (χ4v) is 2.45. The Balaban J connectivity index is 1.86. The second kappa shape index (κ2) is 6.55. The molecule has 98 valence electrons. The first-order chi connectivity index (χ1) is 8.81. The third-order valence-corrected chi connectivity index (χ3v) is 3.49. The van der Waals surface area contributed by atoms with Crippen LogP contribution in [-0.2, 0) is 4.74 Å². The molecule has 0 unspecified atom stereocenters. The molecule has 2 rings (SSSR count). The van der Waals surface area contributed by atoms with Crippen molar-refractivity contribution in [3.63, 3.8) is 0 Å². The van der Waals surface area contributed by atoms with E-state index in [0.717, 1.165) is 31.6 Å². The van der Waals surface area contributed by atoms with Crippen LogP contribution >= 0.6 is 11.8 Å². The van der Waals surface area contributed by atoms with Gasteiger partial charge in [0.25, 0.3) is 5.56 Å². The fraction of sp³-hybridized carbons (Fsp3) is 0.545. The van der Waals surface area contributed by atoms with Crippen LogP contribution in [0.2, 0.25) is 0 Å². The molecule has 0 bridgehead atoms. The van der Waals surface area contributed by atoms with Crippen LogP contribution in [0.5, 0.6) is 0 Å². The maximum atomic E-state index is 11.6. The van der Waals surface area contributed by atoms with Crippen LogP contribution in [0.4, 0.5) is 0 Å². The lowest BCUT2D eigenvalue weighted by Crippen LogP contribution is -2.08. The minimum atomic E-state index is -0.143.